The summed E-state index contributed by atoms with van der Waals surface area (Å²) in [7, 11) is -4.04. The quantitative estimate of drug-likeness (QED) is 0.191. The Bertz CT molecular complexity index is 1850. The molecule has 1 amide bonds. The number of rotatable bonds is 7. The molecule has 3 aromatic heterocycles. The number of hydrogen-bond donors (Lipinski definition) is 1. The van der Waals surface area contributed by atoms with E-state index in [1.54, 1.807) is 11.4 Å². The Morgan fingerprint density at radius 1 is 1.08 bits per heavy atom. The Labute approximate surface area is 229 Å². The molecule has 1 fully saturated rings. The van der Waals surface area contributed by atoms with E-state index in [-0.39, 0.29) is 15.5 Å². The molecule has 0 radical (unpaired) electrons. The zero-order valence-electron chi connectivity index (χ0n) is 19.0. The highest BCUT2D eigenvalue weighted by Crippen LogP contribution is 2.44. The summed E-state index contributed by atoms with van der Waals surface area (Å²) >= 11 is 9.06. The summed E-state index contributed by atoms with van der Waals surface area (Å²) in [6, 6.07) is 16.5. The van der Waals surface area contributed by atoms with E-state index in [1.807, 2.05) is 24.3 Å². The summed E-state index contributed by atoms with van der Waals surface area (Å²) < 4.78 is 28.9. The molecule has 5 aromatic rings. The first-order chi connectivity index (χ1) is 17.8. The van der Waals surface area contributed by atoms with Gasteiger partial charge in [0, 0.05) is 5.39 Å². The lowest BCUT2D eigenvalue weighted by Gasteiger charge is -2.16. The van der Waals surface area contributed by atoms with Crippen LogP contribution in [0.1, 0.15) is 24.3 Å². The SMILES string of the molecule is O=C(CSc1nc2sccc2c(=O)n1-c1ccc(C2CC2)c2ccccc12)NS(=O)(=O)c1ccc(Cl)s1. The predicted octanol–water partition coefficient (Wildman–Crippen LogP) is 5.79. The van der Waals surface area contributed by atoms with Crippen LogP contribution in [-0.4, -0.2) is 29.6 Å². The van der Waals surface area contributed by atoms with Crippen molar-refractivity contribution in [2.24, 2.45) is 0 Å². The van der Waals surface area contributed by atoms with Crippen molar-refractivity contribution in [2.75, 3.05) is 5.75 Å². The number of thiophene rings is 2. The van der Waals surface area contributed by atoms with E-state index in [2.05, 4.69) is 21.8 Å². The number of carbonyl (C=O) groups is 1. The number of nitrogens with zero attached hydrogens (tertiary/aromatic N) is 2. The van der Waals surface area contributed by atoms with Crippen LogP contribution < -0.4 is 10.3 Å². The van der Waals surface area contributed by atoms with Gasteiger partial charge in [0.15, 0.2) is 5.16 Å². The second-order valence-electron chi connectivity index (χ2n) is 8.54. The zero-order chi connectivity index (χ0) is 25.7. The summed E-state index contributed by atoms with van der Waals surface area (Å²) in [5, 5.41) is 4.63. The number of thioether (sulfide) groups is 1. The third-order valence-corrected chi connectivity index (χ3v) is 10.9. The van der Waals surface area contributed by atoms with E-state index < -0.39 is 15.9 Å². The number of aromatic nitrogens is 2. The predicted molar refractivity (Wildman–Crippen MR) is 150 cm³/mol. The van der Waals surface area contributed by atoms with E-state index in [0.29, 0.717) is 31.3 Å². The van der Waals surface area contributed by atoms with Gasteiger partial charge in [-0.3, -0.25) is 14.2 Å². The third kappa shape index (κ3) is 4.70. The molecule has 7 nitrogen and oxygen atoms in total. The maximum atomic E-state index is 13.7. The number of halogens is 1. The maximum Gasteiger partial charge on any atom is 0.273 e. The van der Waals surface area contributed by atoms with Crippen molar-refractivity contribution in [3.05, 3.63) is 80.2 Å². The van der Waals surface area contributed by atoms with Crippen LogP contribution >= 0.6 is 46.0 Å². The van der Waals surface area contributed by atoms with Crippen molar-refractivity contribution in [3.63, 3.8) is 0 Å². The lowest BCUT2D eigenvalue weighted by Crippen LogP contribution is -2.31. The minimum Gasteiger partial charge on any atom is -0.273 e. The van der Waals surface area contributed by atoms with Gasteiger partial charge in [0.2, 0.25) is 5.91 Å². The molecule has 2 aromatic carbocycles. The molecule has 0 atom stereocenters. The largest absolute Gasteiger partial charge is 0.273 e. The molecule has 0 unspecified atom stereocenters. The molecule has 37 heavy (non-hydrogen) atoms. The summed E-state index contributed by atoms with van der Waals surface area (Å²) in [6.07, 6.45) is 2.31. The van der Waals surface area contributed by atoms with Crippen LogP contribution in [0.5, 0.6) is 0 Å². The Morgan fingerprint density at radius 3 is 2.59 bits per heavy atom. The van der Waals surface area contributed by atoms with E-state index in [0.717, 1.165) is 46.7 Å². The second-order valence-corrected chi connectivity index (χ2v) is 14.0. The normalized spacial score (nSPS) is 13.9. The number of benzene rings is 2. The fourth-order valence-electron chi connectivity index (χ4n) is 4.26. The van der Waals surface area contributed by atoms with Gasteiger partial charge in [0.1, 0.15) is 9.04 Å². The highest BCUT2D eigenvalue weighted by molar-refractivity contribution is 8.00. The number of amides is 1. The summed E-state index contributed by atoms with van der Waals surface area (Å²) in [6.45, 7) is 0. The maximum absolute atomic E-state index is 13.7. The molecule has 0 saturated heterocycles. The minimum absolute atomic E-state index is 0.0480. The van der Waals surface area contributed by atoms with Crippen LogP contribution in [0.15, 0.2) is 74.1 Å². The highest BCUT2D eigenvalue weighted by atomic mass is 35.5. The van der Waals surface area contributed by atoms with E-state index in [1.165, 1.54) is 33.6 Å². The molecule has 188 valence electrons. The Morgan fingerprint density at radius 2 is 1.86 bits per heavy atom. The van der Waals surface area contributed by atoms with Gasteiger partial charge in [-0.25, -0.2) is 18.1 Å². The summed E-state index contributed by atoms with van der Waals surface area (Å²) in [5.41, 5.74) is 1.71. The molecule has 6 rings (SSSR count). The smallest absolute Gasteiger partial charge is 0.273 e. The lowest BCUT2D eigenvalue weighted by atomic mass is 9.99. The van der Waals surface area contributed by atoms with Crippen LogP contribution in [-0.2, 0) is 14.8 Å². The van der Waals surface area contributed by atoms with Gasteiger partial charge in [-0.15, -0.1) is 22.7 Å². The number of nitrogens with one attached hydrogen (secondary N) is 1. The molecule has 1 N–H and O–H groups in total. The van der Waals surface area contributed by atoms with Crippen molar-refractivity contribution < 1.29 is 13.2 Å². The van der Waals surface area contributed by atoms with Gasteiger partial charge in [-0.2, -0.15) is 0 Å². The second kappa shape index (κ2) is 9.55. The molecule has 12 heteroatoms. The van der Waals surface area contributed by atoms with Crippen LogP contribution in [0, 0.1) is 0 Å². The average molecular weight is 588 g/mol. The van der Waals surface area contributed by atoms with Gasteiger partial charge >= 0.3 is 0 Å². The fraction of sp³-hybridized carbons (Fsp3) is 0.160. The fourth-order valence-corrected chi connectivity index (χ4v) is 8.43. The molecular weight excluding hydrogens is 570 g/mol. The van der Waals surface area contributed by atoms with Gasteiger partial charge in [0.25, 0.3) is 15.6 Å². The Kier molecular flexibility index (Phi) is 6.36. The summed E-state index contributed by atoms with van der Waals surface area (Å²) in [4.78, 5) is 31.5. The first-order valence-corrected chi connectivity index (χ1v) is 15.8. The van der Waals surface area contributed by atoms with Crippen molar-refractivity contribution in [1.82, 2.24) is 14.3 Å². The molecular formula is C25H18ClN3O4S4. The minimum atomic E-state index is -4.04. The molecule has 1 aliphatic rings. The van der Waals surface area contributed by atoms with Gasteiger partial charge in [-0.1, -0.05) is 53.7 Å². The topological polar surface area (TPSA) is 98.1 Å². The van der Waals surface area contributed by atoms with Gasteiger partial charge < -0.3 is 0 Å². The third-order valence-electron chi connectivity index (χ3n) is 6.05. The van der Waals surface area contributed by atoms with E-state index in [9.17, 15) is 18.0 Å². The number of fused-ring (bicyclic) bond motifs is 2. The van der Waals surface area contributed by atoms with Crippen LogP contribution in [0.3, 0.4) is 0 Å². The first kappa shape index (κ1) is 24.6. The van der Waals surface area contributed by atoms with Crippen molar-refractivity contribution in [3.8, 4) is 5.69 Å². The lowest BCUT2D eigenvalue weighted by molar-refractivity contribution is -0.116. The van der Waals surface area contributed by atoms with Crippen molar-refractivity contribution >= 4 is 83.0 Å². The number of hydrogen-bond acceptors (Lipinski definition) is 8. The average Bonchev–Trinajstić information content (AvgIpc) is 3.43. The molecule has 3 heterocycles. The van der Waals surface area contributed by atoms with Crippen LogP contribution in [0.4, 0.5) is 0 Å². The zero-order valence-corrected chi connectivity index (χ0v) is 23.0. The van der Waals surface area contributed by atoms with Crippen LogP contribution in [0.2, 0.25) is 4.34 Å². The number of carbonyl (C=O) groups excluding carboxylic acids is 1. The monoisotopic (exact) mass is 587 g/mol. The highest BCUT2D eigenvalue weighted by Gasteiger charge is 2.27. The van der Waals surface area contributed by atoms with Crippen molar-refractivity contribution in [1.29, 1.82) is 0 Å². The van der Waals surface area contributed by atoms with E-state index >= 15 is 0 Å². The standard InChI is InChI=1S/C25H18ClN3O4S4/c26-20-9-10-22(36-20)37(32,33)28-21(30)13-35-25-27-23-18(11-12-34-23)24(31)29(25)19-8-7-15(14-5-6-14)16-3-1-2-4-17(16)19/h1-4,7-12,14H,5-6,13H2,(H,28,30). The van der Waals surface area contributed by atoms with Gasteiger partial charge in [0.05, 0.1) is 21.2 Å². The molecule has 1 saturated carbocycles. The van der Waals surface area contributed by atoms with Gasteiger partial charge in [-0.05, 0) is 59.4 Å². The molecule has 0 bridgehead atoms. The molecule has 0 spiro atoms. The Balaban J connectivity index is 1.38. The Hall–Kier alpha value is -2.70. The first-order valence-electron chi connectivity index (χ1n) is 11.3. The molecule has 1 aliphatic carbocycles. The summed E-state index contributed by atoms with van der Waals surface area (Å²) in [5.74, 6) is -0.443. The number of sulfonamides is 1. The van der Waals surface area contributed by atoms with Crippen molar-refractivity contribution in [2.45, 2.75) is 28.1 Å². The molecule has 0 aliphatic heterocycles. The van der Waals surface area contributed by atoms with E-state index in [4.69, 9.17) is 11.6 Å². The van der Waals surface area contributed by atoms with Crippen LogP contribution in [0.25, 0.3) is 26.7 Å².